The first-order chi connectivity index (χ1) is 11.5. The molecule has 1 aliphatic rings. The monoisotopic (exact) mass is 327 g/mol. The van der Waals surface area contributed by atoms with E-state index in [0.29, 0.717) is 5.56 Å². The molecule has 1 aromatic carbocycles. The molecule has 0 radical (unpaired) electrons. The lowest BCUT2D eigenvalue weighted by atomic mass is 9.66. The van der Waals surface area contributed by atoms with Crippen LogP contribution in [-0.4, -0.2) is 25.2 Å². The number of nitriles is 1. The van der Waals surface area contributed by atoms with Crippen LogP contribution >= 0.6 is 0 Å². The van der Waals surface area contributed by atoms with Crippen LogP contribution in [-0.2, 0) is 25.5 Å². The zero-order valence-corrected chi connectivity index (χ0v) is 14.0. The molecule has 0 saturated heterocycles. The van der Waals surface area contributed by atoms with Crippen LogP contribution in [0.4, 0.5) is 0 Å². The van der Waals surface area contributed by atoms with Crippen molar-refractivity contribution in [3.8, 4) is 6.07 Å². The molecule has 5 heteroatoms. The third kappa shape index (κ3) is 3.05. The Morgan fingerprint density at radius 3 is 2.46 bits per heavy atom. The number of rotatable bonds is 5. The summed E-state index contributed by atoms with van der Waals surface area (Å²) in [6.45, 7) is 7.63. The molecule has 1 aliphatic carbocycles. The fourth-order valence-corrected chi connectivity index (χ4v) is 3.20. The number of allylic oxidation sites excluding steroid dienone is 1. The molecule has 0 amide bonds. The van der Waals surface area contributed by atoms with Crippen LogP contribution in [0.1, 0.15) is 42.9 Å². The minimum absolute atomic E-state index is 0.193. The highest BCUT2D eigenvalue weighted by Crippen LogP contribution is 2.45. The van der Waals surface area contributed by atoms with E-state index in [9.17, 15) is 9.59 Å². The molecule has 1 atom stereocenters. The van der Waals surface area contributed by atoms with Gasteiger partial charge in [-0.25, -0.2) is 0 Å². The van der Waals surface area contributed by atoms with Crippen molar-refractivity contribution in [3.63, 3.8) is 0 Å². The minimum atomic E-state index is -1.37. The van der Waals surface area contributed by atoms with Gasteiger partial charge in [-0.3, -0.25) is 9.59 Å². The van der Waals surface area contributed by atoms with E-state index in [1.165, 1.54) is 0 Å². The van der Waals surface area contributed by atoms with Gasteiger partial charge in [-0.2, -0.15) is 5.26 Å². The maximum absolute atomic E-state index is 12.6. The highest BCUT2D eigenvalue weighted by atomic mass is 16.6. The van der Waals surface area contributed by atoms with Gasteiger partial charge < -0.3 is 9.47 Å². The number of hydrogen-bond acceptors (Lipinski definition) is 5. The van der Waals surface area contributed by atoms with Gasteiger partial charge in [0.25, 0.3) is 0 Å². The Bertz CT molecular complexity index is 684. The largest absolute Gasteiger partial charge is 0.465 e. The van der Waals surface area contributed by atoms with Crippen molar-refractivity contribution >= 4 is 11.9 Å². The number of benzene rings is 1. The highest BCUT2D eigenvalue weighted by molar-refractivity contribution is 6.01. The van der Waals surface area contributed by atoms with E-state index in [1.807, 2.05) is 0 Å². The average molecular weight is 327 g/mol. The Morgan fingerprint density at radius 2 is 1.96 bits per heavy atom. The topological polar surface area (TPSA) is 76.4 Å². The number of carbonyl (C=O) groups excluding carboxylic acids is 2. The molecule has 0 aromatic heterocycles. The van der Waals surface area contributed by atoms with Gasteiger partial charge in [0.05, 0.1) is 24.8 Å². The summed E-state index contributed by atoms with van der Waals surface area (Å²) >= 11 is 0. The second-order valence-corrected chi connectivity index (χ2v) is 5.77. The van der Waals surface area contributed by atoms with Gasteiger partial charge in [0.1, 0.15) is 0 Å². The molecule has 1 unspecified atom stereocenters. The number of ether oxygens (including phenoxy) is 2. The van der Waals surface area contributed by atoms with Crippen LogP contribution in [0.15, 0.2) is 30.9 Å². The van der Waals surface area contributed by atoms with E-state index in [1.54, 1.807) is 38.1 Å². The van der Waals surface area contributed by atoms with Crippen LogP contribution in [0.3, 0.4) is 0 Å². The van der Waals surface area contributed by atoms with Crippen LogP contribution in [0.25, 0.3) is 0 Å². The van der Waals surface area contributed by atoms with Gasteiger partial charge >= 0.3 is 11.9 Å². The number of esters is 2. The predicted molar refractivity (Wildman–Crippen MR) is 88.1 cm³/mol. The molecule has 2 rings (SSSR count). The molecule has 126 valence electrons. The molecular formula is C19H21NO4. The molecule has 0 saturated carbocycles. The Balaban J connectivity index is 2.54. The van der Waals surface area contributed by atoms with E-state index < -0.39 is 17.4 Å². The van der Waals surface area contributed by atoms with Gasteiger partial charge in [0.15, 0.2) is 5.41 Å². The van der Waals surface area contributed by atoms with Crippen molar-refractivity contribution in [1.82, 2.24) is 0 Å². The van der Waals surface area contributed by atoms with Crippen molar-refractivity contribution in [1.29, 1.82) is 5.26 Å². The van der Waals surface area contributed by atoms with Crippen molar-refractivity contribution in [2.45, 2.75) is 32.6 Å². The minimum Gasteiger partial charge on any atom is -0.465 e. The highest BCUT2D eigenvalue weighted by Gasteiger charge is 2.52. The molecule has 0 bridgehead atoms. The molecule has 0 spiro atoms. The zero-order valence-electron chi connectivity index (χ0n) is 14.0. The fraction of sp³-hybridized carbons (Fsp3) is 0.421. The van der Waals surface area contributed by atoms with E-state index >= 15 is 0 Å². The maximum Gasteiger partial charge on any atom is 0.323 e. The van der Waals surface area contributed by atoms with Crippen LogP contribution in [0.2, 0.25) is 0 Å². The number of hydrogen-bond donors (Lipinski definition) is 0. The molecule has 24 heavy (non-hydrogen) atoms. The molecule has 0 heterocycles. The first kappa shape index (κ1) is 17.7. The third-order valence-electron chi connectivity index (χ3n) is 4.35. The summed E-state index contributed by atoms with van der Waals surface area (Å²) in [7, 11) is 0. The van der Waals surface area contributed by atoms with Crippen molar-refractivity contribution in [3.05, 3.63) is 47.5 Å². The van der Waals surface area contributed by atoms with Crippen molar-refractivity contribution in [2.75, 3.05) is 13.2 Å². The predicted octanol–water partition coefficient (Wildman–Crippen LogP) is 2.89. The van der Waals surface area contributed by atoms with E-state index in [2.05, 4.69) is 12.6 Å². The van der Waals surface area contributed by atoms with Gasteiger partial charge in [0.2, 0.25) is 0 Å². The van der Waals surface area contributed by atoms with Crippen LogP contribution in [0, 0.1) is 16.7 Å². The zero-order chi connectivity index (χ0) is 17.7. The lowest BCUT2D eigenvalue weighted by Crippen LogP contribution is -2.47. The average Bonchev–Trinajstić information content (AvgIpc) is 2.60. The second kappa shape index (κ2) is 7.31. The van der Waals surface area contributed by atoms with E-state index in [4.69, 9.17) is 14.7 Å². The lowest BCUT2D eigenvalue weighted by molar-refractivity contribution is -0.173. The van der Waals surface area contributed by atoms with Gasteiger partial charge in [0, 0.05) is 5.92 Å². The maximum atomic E-state index is 12.6. The smallest absolute Gasteiger partial charge is 0.323 e. The summed E-state index contributed by atoms with van der Waals surface area (Å²) in [6.07, 6.45) is 2.14. The summed E-state index contributed by atoms with van der Waals surface area (Å²) < 4.78 is 10.4. The quantitative estimate of drug-likeness (QED) is 0.472. The first-order valence-electron chi connectivity index (χ1n) is 8.02. The normalized spacial score (nSPS) is 18.0. The van der Waals surface area contributed by atoms with Crippen molar-refractivity contribution in [2.24, 2.45) is 5.41 Å². The molecule has 0 fully saturated rings. The van der Waals surface area contributed by atoms with Crippen molar-refractivity contribution < 1.29 is 19.1 Å². The van der Waals surface area contributed by atoms with Crippen LogP contribution in [0.5, 0.6) is 0 Å². The second-order valence-electron chi connectivity index (χ2n) is 5.77. The number of nitrogens with zero attached hydrogens (tertiary/aromatic N) is 1. The standard InChI is InChI=1S/C19H21NO4/c1-4-14-10-19(17(21)23-5-2,18(22)24-6-3)11-15-8-7-13(12-20)9-16(14)15/h4,7-9,14H,1,5-6,10-11H2,2-3H3. The Kier molecular flexibility index (Phi) is 5.40. The fourth-order valence-electron chi connectivity index (χ4n) is 3.20. The Labute approximate surface area is 141 Å². The molecule has 1 aromatic rings. The van der Waals surface area contributed by atoms with Gasteiger partial charge in [-0.15, -0.1) is 6.58 Å². The Morgan fingerprint density at radius 1 is 1.33 bits per heavy atom. The molecule has 0 aliphatic heterocycles. The van der Waals surface area contributed by atoms with E-state index in [-0.39, 0.29) is 32.0 Å². The summed E-state index contributed by atoms with van der Waals surface area (Å²) in [6, 6.07) is 7.38. The van der Waals surface area contributed by atoms with Gasteiger partial charge in [-0.05, 0) is 49.9 Å². The number of carbonyl (C=O) groups is 2. The molecular weight excluding hydrogens is 306 g/mol. The third-order valence-corrected chi connectivity index (χ3v) is 4.35. The SMILES string of the molecule is C=CC1CC(C(=O)OCC)(C(=O)OCC)Cc2ccc(C#N)cc21. The summed E-state index contributed by atoms with van der Waals surface area (Å²) in [4.78, 5) is 25.2. The Hall–Kier alpha value is -2.61. The first-order valence-corrected chi connectivity index (χ1v) is 8.02. The number of fused-ring (bicyclic) bond motifs is 1. The molecule has 0 N–H and O–H groups in total. The lowest BCUT2D eigenvalue weighted by Gasteiger charge is -2.37. The van der Waals surface area contributed by atoms with Gasteiger partial charge in [-0.1, -0.05) is 12.1 Å². The van der Waals surface area contributed by atoms with Crippen LogP contribution < -0.4 is 0 Å². The summed E-state index contributed by atoms with van der Waals surface area (Å²) in [5.74, 6) is -1.36. The molecule has 5 nitrogen and oxygen atoms in total. The summed E-state index contributed by atoms with van der Waals surface area (Å²) in [5, 5.41) is 9.09. The van der Waals surface area contributed by atoms with E-state index in [0.717, 1.165) is 11.1 Å². The summed E-state index contributed by atoms with van der Waals surface area (Å²) in [5.41, 5.74) is 0.936.